The molecule has 0 atom stereocenters. The zero-order chi connectivity index (χ0) is 13.1. The number of nitrogens with one attached hydrogen (secondary N) is 1. The third kappa shape index (κ3) is 3.79. The fourth-order valence-corrected chi connectivity index (χ4v) is 2.67. The van der Waals surface area contributed by atoms with Gasteiger partial charge in [-0.3, -0.25) is 4.68 Å². The van der Waals surface area contributed by atoms with E-state index in [2.05, 4.69) is 9.82 Å². The second kappa shape index (κ2) is 5.16. The molecule has 0 radical (unpaired) electrons. The molecule has 3 N–H and O–H groups in total. The van der Waals surface area contributed by atoms with Crippen LogP contribution in [0, 0.1) is 0 Å². The van der Waals surface area contributed by atoms with Crippen molar-refractivity contribution in [1.29, 1.82) is 0 Å². The van der Waals surface area contributed by atoms with Crippen LogP contribution in [-0.2, 0) is 16.6 Å². The maximum Gasteiger partial charge on any atom is 0.244 e. The number of sulfonamides is 1. The second-order valence-electron chi connectivity index (χ2n) is 4.57. The fourth-order valence-electron chi connectivity index (χ4n) is 1.23. The molecule has 0 fully saturated rings. The standard InChI is InChI=1S/C10H20N4O2S/c1-4-10(2,3)13-17(15,16)9-7-12-14(8-9)6-5-11/h7-8,13H,4-6,11H2,1-3H3. The summed E-state index contributed by atoms with van der Waals surface area (Å²) in [5.41, 5.74) is 4.91. The Hall–Kier alpha value is -0.920. The minimum absolute atomic E-state index is 0.174. The summed E-state index contributed by atoms with van der Waals surface area (Å²) in [7, 11) is -3.50. The van der Waals surface area contributed by atoms with Gasteiger partial charge < -0.3 is 5.73 Å². The minimum atomic E-state index is -3.50. The number of hydrogen-bond acceptors (Lipinski definition) is 4. The maximum absolute atomic E-state index is 12.0. The molecule has 0 bridgehead atoms. The van der Waals surface area contributed by atoms with Crippen LogP contribution in [0.25, 0.3) is 0 Å². The third-order valence-electron chi connectivity index (χ3n) is 2.57. The van der Waals surface area contributed by atoms with Crippen LogP contribution in [0.5, 0.6) is 0 Å². The molecule has 1 rings (SSSR count). The monoisotopic (exact) mass is 260 g/mol. The van der Waals surface area contributed by atoms with Crippen LogP contribution in [0.15, 0.2) is 17.3 Å². The molecule has 7 heteroatoms. The van der Waals surface area contributed by atoms with Crippen LogP contribution < -0.4 is 10.5 Å². The zero-order valence-electron chi connectivity index (χ0n) is 10.5. The van der Waals surface area contributed by atoms with Gasteiger partial charge in [-0.1, -0.05) is 6.92 Å². The van der Waals surface area contributed by atoms with Gasteiger partial charge in [-0.25, -0.2) is 13.1 Å². The van der Waals surface area contributed by atoms with E-state index in [1.54, 1.807) is 0 Å². The van der Waals surface area contributed by atoms with Gasteiger partial charge >= 0.3 is 0 Å². The van der Waals surface area contributed by atoms with Crippen LogP contribution in [0.2, 0.25) is 0 Å². The summed E-state index contributed by atoms with van der Waals surface area (Å²) in [4.78, 5) is 0.174. The topological polar surface area (TPSA) is 90.0 Å². The van der Waals surface area contributed by atoms with Crippen molar-refractivity contribution in [2.75, 3.05) is 6.54 Å². The maximum atomic E-state index is 12.0. The van der Waals surface area contributed by atoms with Crippen LogP contribution in [0.4, 0.5) is 0 Å². The van der Waals surface area contributed by atoms with Crippen LogP contribution in [0.1, 0.15) is 27.2 Å². The van der Waals surface area contributed by atoms with Crippen molar-refractivity contribution in [2.45, 2.75) is 44.2 Å². The van der Waals surface area contributed by atoms with Crippen molar-refractivity contribution in [1.82, 2.24) is 14.5 Å². The first-order valence-corrected chi connectivity index (χ1v) is 7.05. The van der Waals surface area contributed by atoms with Crippen LogP contribution >= 0.6 is 0 Å². The first-order chi connectivity index (χ1) is 7.80. The Morgan fingerprint density at radius 1 is 1.53 bits per heavy atom. The summed E-state index contributed by atoms with van der Waals surface area (Å²) < 4.78 is 28.2. The largest absolute Gasteiger partial charge is 0.329 e. The average molecular weight is 260 g/mol. The second-order valence-corrected chi connectivity index (χ2v) is 6.25. The average Bonchev–Trinajstić information content (AvgIpc) is 2.66. The van der Waals surface area contributed by atoms with Gasteiger partial charge in [0.1, 0.15) is 4.90 Å². The molecule has 0 unspecified atom stereocenters. The van der Waals surface area contributed by atoms with E-state index in [4.69, 9.17) is 5.73 Å². The lowest BCUT2D eigenvalue weighted by atomic mass is 10.0. The predicted octanol–water partition coefficient (Wildman–Crippen LogP) is 0.309. The first-order valence-electron chi connectivity index (χ1n) is 5.57. The number of nitrogens with two attached hydrogens (primary N) is 1. The van der Waals surface area contributed by atoms with Gasteiger partial charge in [0, 0.05) is 18.3 Å². The Labute approximate surface area is 102 Å². The van der Waals surface area contributed by atoms with E-state index in [1.165, 1.54) is 17.1 Å². The summed E-state index contributed by atoms with van der Waals surface area (Å²) in [6, 6.07) is 0. The molecule has 0 amide bonds. The molecule has 6 nitrogen and oxygen atoms in total. The molecule has 0 saturated heterocycles. The van der Waals surface area contributed by atoms with Crippen LogP contribution in [0.3, 0.4) is 0 Å². The van der Waals surface area contributed by atoms with E-state index in [9.17, 15) is 8.42 Å². The highest BCUT2D eigenvalue weighted by atomic mass is 32.2. The summed E-state index contributed by atoms with van der Waals surface area (Å²) in [5.74, 6) is 0. The highest BCUT2D eigenvalue weighted by Crippen LogP contribution is 2.14. The molecule has 0 aliphatic carbocycles. The molecule has 17 heavy (non-hydrogen) atoms. The Morgan fingerprint density at radius 2 is 2.18 bits per heavy atom. The SMILES string of the molecule is CCC(C)(C)NS(=O)(=O)c1cnn(CCN)c1. The summed E-state index contributed by atoms with van der Waals surface area (Å²) in [5, 5.41) is 3.95. The Bertz CT molecular complexity index is 464. The molecule has 0 aromatic carbocycles. The minimum Gasteiger partial charge on any atom is -0.329 e. The number of nitrogens with zero attached hydrogens (tertiary/aromatic N) is 2. The van der Waals surface area contributed by atoms with Gasteiger partial charge in [-0.05, 0) is 20.3 Å². The number of rotatable bonds is 6. The lowest BCUT2D eigenvalue weighted by Crippen LogP contribution is -2.42. The van der Waals surface area contributed by atoms with Crippen molar-refractivity contribution < 1.29 is 8.42 Å². The van der Waals surface area contributed by atoms with Crippen molar-refractivity contribution in [3.8, 4) is 0 Å². The van der Waals surface area contributed by atoms with Gasteiger partial charge in [0.25, 0.3) is 0 Å². The summed E-state index contributed by atoms with van der Waals surface area (Å²) in [6.07, 6.45) is 3.54. The van der Waals surface area contributed by atoms with Gasteiger partial charge in [0.05, 0.1) is 12.7 Å². The molecule has 0 spiro atoms. The van der Waals surface area contributed by atoms with Crippen LogP contribution in [-0.4, -0.2) is 30.3 Å². The van der Waals surface area contributed by atoms with E-state index in [0.717, 1.165) is 0 Å². The fraction of sp³-hybridized carbons (Fsp3) is 0.700. The molecule has 98 valence electrons. The lowest BCUT2D eigenvalue weighted by Gasteiger charge is -2.23. The van der Waals surface area contributed by atoms with Crippen molar-refractivity contribution in [3.63, 3.8) is 0 Å². The Kier molecular flexibility index (Phi) is 4.29. The first kappa shape index (κ1) is 14.1. The summed E-state index contributed by atoms with van der Waals surface area (Å²) in [6.45, 7) is 6.55. The van der Waals surface area contributed by atoms with Crippen molar-refractivity contribution in [2.24, 2.45) is 5.73 Å². The van der Waals surface area contributed by atoms with E-state index in [0.29, 0.717) is 19.5 Å². The molecule has 0 aliphatic heterocycles. The highest BCUT2D eigenvalue weighted by Gasteiger charge is 2.25. The zero-order valence-corrected chi connectivity index (χ0v) is 11.3. The molecule has 1 aromatic heterocycles. The number of hydrogen-bond donors (Lipinski definition) is 2. The molecular formula is C10H20N4O2S. The van der Waals surface area contributed by atoms with Gasteiger partial charge in [0.15, 0.2) is 0 Å². The smallest absolute Gasteiger partial charge is 0.244 e. The molecule has 0 saturated carbocycles. The number of aromatic nitrogens is 2. The van der Waals surface area contributed by atoms with E-state index in [1.807, 2.05) is 20.8 Å². The van der Waals surface area contributed by atoms with E-state index in [-0.39, 0.29) is 4.90 Å². The van der Waals surface area contributed by atoms with Gasteiger partial charge in [-0.2, -0.15) is 5.10 Å². The lowest BCUT2D eigenvalue weighted by molar-refractivity contribution is 0.439. The summed E-state index contributed by atoms with van der Waals surface area (Å²) >= 11 is 0. The molecule has 1 heterocycles. The van der Waals surface area contributed by atoms with Gasteiger partial charge in [0.2, 0.25) is 10.0 Å². The predicted molar refractivity (Wildman–Crippen MR) is 66.0 cm³/mol. The van der Waals surface area contributed by atoms with Gasteiger partial charge in [-0.15, -0.1) is 0 Å². The molecule has 0 aliphatic rings. The van der Waals surface area contributed by atoms with E-state index < -0.39 is 15.6 Å². The molecule has 1 aromatic rings. The van der Waals surface area contributed by atoms with Crippen molar-refractivity contribution in [3.05, 3.63) is 12.4 Å². The molecular weight excluding hydrogens is 240 g/mol. The quantitative estimate of drug-likeness (QED) is 0.770. The Balaban J connectivity index is 2.89. The third-order valence-corrected chi connectivity index (χ3v) is 4.23. The van der Waals surface area contributed by atoms with E-state index >= 15 is 0 Å². The Morgan fingerprint density at radius 3 is 2.71 bits per heavy atom. The van der Waals surface area contributed by atoms with Crippen molar-refractivity contribution >= 4 is 10.0 Å². The highest BCUT2D eigenvalue weighted by molar-refractivity contribution is 7.89. The normalized spacial score (nSPS) is 12.9.